The van der Waals surface area contributed by atoms with Gasteiger partial charge >= 0.3 is 0 Å². The molecule has 1 atom stereocenters. The second-order valence-electron chi connectivity index (χ2n) is 3.70. The molecule has 0 unspecified atom stereocenters. The summed E-state index contributed by atoms with van der Waals surface area (Å²) in [7, 11) is 0. The van der Waals surface area contributed by atoms with Gasteiger partial charge in [0.25, 0.3) is 5.91 Å². The molecule has 94 valence electrons. The molecule has 0 aromatic carbocycles. The van der Waals surface area contributed by atoms with Crippen molar-refractivity contribution in [2.24, 2.45) is 0 Å². The highest BCUT2D eigenvalue weighted by Gasteiger charge is 2.11. The highest BCUT2D eigenvalue weighted by molar-refractivity contribution is 5.91. The van der Waals surface area contributed by atoms with Crippen LogP contribution in [0.2, 0.25) is 0 Å². The van der Waals surface area contributed by atoms with Gasteiger partial charge in [-0.3, -0.25) is 9.78 Å². The third-order valence-corrected chi connectivity index (χ3v) is 2.18. The molecule has 0 bridgehead atoms. The topological polar surface area (TPSA) is 77.2 Å². The molecule has 0 aliphatic heterocycles. The van der Waals surface area contributed by atoms with E-state index in [0.29, 0.717) is 12.3 Å². The van der Waals surface area contributed by atoms with Crippen LogP contribution in [0.1, 0.15) is 17.5 Å². The molecule has 1 amide bonds. The summed E-state index contributed by atoms with van der Waals surface area (Å²) < 4.78 is 10.3. The van der Waals surface area contributed by atoms with Crippen LogP contribution in [0.25, 0.3) is 0 Å². The molecule has 0 spiro atoms. The van der Waals surface area contributed by atoms with Gasteiger partial charge in [-0.1, -0.05) is 5.16 Å². The summed E-state index contributed by atoms with van der Waals surface area (Å²) in [5.41, 5.74) is 0. The number of nitrogens with zero attached hydrogens (tertiary/aromatic N) is 2. The van der Waals surface area contributed by atoms with Crippen LogP contribution in [-0.4, -0.2) is 28.7 Å². The van der Waals surface area contributed by atoms with Gasteiger partial charge in [0.1, 0.15) is 11.9 Å². The minimum absolute atomic E-state index is 0.166. The van der Waals surface area contributed by atoms with Gasteiger partial charge in [-0.15, -0.1) is 0 Å². The molecule has 2 heterocycles. The summed E-state index contributed by atoms with van der Waals surface area (Å²) in [4.78, 5) is 15.5. The van der Waals surface area contributed by atoms with E-state index in [4.69, 9.17) is 9.26 Å². The Morgan fingerprint density at radius 3 is 3.06 bits per heavy atom. The third kappa shape index (κ3) is 3.31. The molecule has 6 nitrogen and oxygen atoms in total. The highest BCUT2D eigenvalue weighted by atomic mass is 16.5. The quantitative estimate of drug-likeness (QED) is 0.860. The molecule has 0 fully saturated rings. The van der Waals surface area contributed by atoms with Crippen LogP contribution >= 0.6 is 0 Å². The van der Waals surface area contributed by atoms with E-state index < -0.39 is 0 Å². The van der Waals surface area contributed by atoms with Crippen molar-refractivity contribution in [1.82, 2.24) is 15.5 Å². The van der Waals surface area contributed by atoms with E-state index in [1.807, 2.05) is 13.0 Å². The fourth-order valence-electron chi connectivity index (χ4n) is 1.35. The zero-order valence-corrected chi connectivity index (χ0v) is 9.87. The molecule has 2 aromatic heterocycles. The predicted molar refractivity (Wildman–Crippen MR) is 63.2 cm³/mol. The van der Waals surface area contributed by atoms with Crippen LogP contribution in [0.3, 0.4) is 0 Å². The highest BCUT2D eigenvalue weighted by Crippen LogP contribution is 2.08. The summed E-state index contributed by atoms with van der Waals surface area (Å²) in [6.07, 6.45) is 4.55. The van der Waals surface area contributed by atoms with Crippen LogP contribution in [0.15, 0.2) is 41.3 Å². The molecule has 2 aromatic rings. The number of rotatable bonds is 5. The smallest absolute Gasteiger partial charge is 0.290 e. The van der Waals surface area contributed by atoms with E-state index in [1.165, 1.54) is 12.3 Å². The van der Waals surface area contributed by atoms with Crippen molar-refractivity contribution >= 4 is 5.91 Å². The normalized spacial score (nSPS) is 11.8. The second kappa shape index (κ2) is 5.81. The van der Waals surface area contributed by atoms with Crippen LogP contribution in [0.4, 0.5) is 0 Å². The number of pyridine rings is 1. The minimum Gasteiger partial charge on any atom is -0.487 e. The van der Waals surface area contributed by atoms with Gasteiger partial charge in [0.15, 0.2) is 0 Å². The summed E-state index contributed by atoms with van der Waals surface area (Å²) in [6.45, 7) is 2.22. The van der Waals surface area contributed by atoms with Gasteiger partial charge in [-0.2, -0.15) is 0 Å². The van der Waals surface area contributed by atoms with Gasteiger partial charge < -0.3 is 14.6 Å². The third-order valence-electron chi connectivity index (χ3n) is 2.18. The van der Waals surface area contributed by atoms with Crippen LogP contribution in [-0.2, 0) is 0 Å². The van der Waals surface area contributed by atoms with Crippen LogP contribution in [0, 0.1) is 0 Å². The first-order valence-corrected chi connectivity index (χ1v) is 5.51. The van der Waals surface area contributed by atoms with E-state index in [1.54, 1.807) is 18.5 Å². The summed E-state index contributed by atoms with van der Waals surface area (Å²) >= 11 is 0. The zero-order chi connectivity index (χ0) is 12.8. The number of amides is 1. The van der Waals surface area contributed by atoms with Crippen molar-refractivity contribution in [2.75, 3.05) is 6.54 Å². The Hall–Kier alpha value is -2.37. The largest absolute Gasteiger partial charge is 0.487 e. The van der Waals surface area contributed by atoms with Crippen molar-refractivity contribution in [3.63, 3.8) is 0 Å². The Balaban J connectivity index is 1.78. The fraction of sp³-hybridized carbons (Fsp3) is 0.250. The van der Waals surface area contributed by atoms with Gasteiger partial charge in [-0.05, 0) is 19.1 Å². The van der Waals surface area contributed by atoms with E-state index in [0.717, 1.165) is 0 Å². The molecule has 0 saturated carbocycles. The maximum absolute atomic E-state index is 11.5. The van der Waals surface area contributed by atoms with Crippen molar-refractivity contribution in [3.05, 3.63) is 42.5 Å². The molecule has 0 aliphatic carbocycles. The lowest BCUT2D eigenvalue weighted by atomic mass is 10.3. The predicted octanol–water partition coefficient (Wildman–Crippen LogP) is 1.27. The average molecular weight is 247 g/mol. The Morgan fingerprint density at radius 2 is 2.39 bits per heavy atom. The van der Waals surface area contributed by atoms with Crippen molar-refractivity contribution in [2.45, 2.75) is 13.0 Å². The summed E-state index contributed by atoms with van der Waals surface area (Å²) in [6, 6.07) is 5.10. The lowest BCUT2D eigenvalue weighted by Crippen LogP contribution is -2.33. The number of aromatic nitrogens is 2. The lowest BCUT2D eigenvalue weighted by Gasteiger charge is -2.14. The Kier molecular flexibility index (Phi) is 3.90. The van der Waals surface area contributed by atoms with E-state index in [-0.39, 0.29) is 17.8 Å². The maximum Gasteiger partial charge on any atom is 0.290 e. The SMILES string of the molecule is C[C@@H](CNC(=O)c1ccno1)Oc1cccnc1. The zero-order valence-electron chi connectivity index (χ0n) is 9.87. The molecule has 2 rings (SSSR count). The number of hydrogen-bond donors (Lipinski definition) is 1. The number of nitrogens with one attached hydrogen (secondary N) is 1. The van der Waals surface area contributed by atoms with Gasteiger partial charge in [0, 0.05) is 12.3 Å². The average Bonchev–Trinajstić information content (AvgIpc) is 2.91. The molecule has 0 aliphatic rings. The Bertz CT molecular complexity index is 485. The van der Waals surface area contributed by atoms with Crippen molar-refractivity contribution in [3.8, 4) is 5.75 Å². The molecule has 6 heteroatoms. The van der Waals surface area contributed by atoms with E-state index >= 15 is 0 Å². The van der Waals surface area contributed by atoms with E-state index in [9.17, 15) is 4.79 Å². The van der Waals surface area contributed by atoms with Crippen LogP contribution in [0.5, 0.6) is 5.75 Å². The summed E-state index contributed by atoms with van der Waals surface area (Å²) in [5.74, 6) is 0.539. The second-order valence-corrected chi connectivity index (χ2v) is 3.70. The van der Waals surface area contributed by atoms with E-state index in [2.05, 4.69) is 15.5 Å². The first-order valence-electron chi connectivity index (χ1n) is 5.51. The Labute approximate surface area is 104 Å². The first kappa shape index (κ1) is 12.1. The Morgan fingerprint density at radius 1 is 1.50 bits per heavy atom. The van der Waals surface area contributed by atoms with Crippen LogP contribution < -0.4 is 10.1 Å². The minimum atomic E-state index is -0.311. The monoisotopic (exact) mass is 247 g/mol. The fourth-order valence-corrected chi connectivity index (χ4v) is 1.35. The standard InChI is InChI=1S/C12H13N3O3/c1-9(17-10-3-2-5-13-8-10)7-14-12(16)11-4-6-15-18-11/h2-6,8-9H,7H2,1H3,(H,14,16)/t9-/m0/s1. The number of ether oxygens (including phenoxy) is 1. The number of carbonyl (C=O) groups excluding carboxylic acids is 1. The lowest BCUT2D eigenvalue weighted by molar-refractivity contribution is 0.0895. The van der Waals surface area contributed by atoms with Gasteiger partial charge in [-0.25, -0.2) is 0 Å². The van der Waals surface area contributed by atoms with Crippen molar-refractivity contribution in [1.29, 1.82) is 0 Å². The molecule has 0 radical (unpaired) electrons. The molecule has 0 saturated heterocycles. The molecular formula is C12H13N3O3. The summed E-state index contributed by atoms with van der Waals surface area (Å²) in [5, 5.41) is 6.15. The number of carbonyl (C=O) groups is 1. The molecule has 1 N–H and O–H groups in total. The number of hydrogen-bond acceptors (Lipinski definition) is 5. The first-order chi connectivity index (χ1) is 8.75. The van der Waals surface area contributed by atoms with Gasteiger partial charge in [0.05, 0.1) is 18.9 Å². The molecular weight excluding hydrogens is 234 g/mol. The maximum atomic E-state index is 11.5. The molecule has 18 heavy (non-hydrogen) atoms. The van der Waals surface area contributed by atoms with Gasteiger partial charge in [0.2, 0.25) is 5.76 Å². The van der Waals surface area contributed by atoms with Crippen molar-refractivity contribution < 1.29 is 14.1 Å².